The van der Waals surface area contributed by atoms with E-state index >= 15 is 0 Å². The minimum Gasteiger partial charge on any atom is -0.310 e. The minimum atomic E-state index is -3.89. The van der Waals surface area contributed by atoms with Crippen molar-refractivity contribution in [1.82, 2.24) is 14.1 Å². The summed E-state index contributed by atoms with van der Waals surface area (Å²) >= 11 is 0. The second-order valence-electron chi connectivity index (χ2n) is 7.10. The number of amides is 3. The average molecular weight is 417 g/mol. The highest BCUT2D eigenvalue weighted by Crippen LogP contribution is 2.31. The highest BCUT2D eigenvalue weighted by molar-refractivity contribution is 7.89. The summed E-state index contributed by atoms with van der Waals surface area (Å²) in [6.07, 6.45) is 0. The number of sulfonamides is 1. The molecule has 2 aromatic carbocycles. The van der Waals surface area contributed by atoms with Crippen LogP contribution in [0.4, 0.5) is 9.18 Å². The van der Waals surface area contributed by atoms with Crippen LogP contribution in [-0.2, 0) is 14.8 Å². The van der Waals surface area contributed by atoms with Crippen LogP contribution in [0.1, 0.15) is 18.5 Å². The fourth-order valence-corrected chi connectivity index (χ4v) is 5.24. The van der Waals surface area contributed by atoms with Gasteiger partial charge in [0, 0.05) is 19.6 Å². The summed E-state index contributed by atoms with van der Waals surface area (Å²) in [6.45, 7) is 1.84. The van der Waals surface area contributed by atoms with E-state index in [2.05, 4.69) is 0 Å². The Hall–Kier alpha value is -2.78. The van der Waals surface area contributed by atoms with E-state index in [1.54, 1.807) is 6.92 Å². The molecule has 152 valence electrons. The van der Waals surface area contributed by atoms with Gasteiger partial charge in [-0.05, 0) is 36.8 Å². The summed E-state index contributed by atoms with van der Waals surface area (Å²) in [6, 6.07) is 12.0. The zero-order chi connectivity index (χ0) is 20.8. The molecule has 4 rings (SSSR count). The molecule has 0 aliphatic carbocycles. The van der Waals surface area contributed by atoms with E-state index in [0.29, 0.717) is 0 Å². The average Bonchev–Trinajstić information content (AvgIpc) is 2.98. The second kappa shape index (κ2) is 7.23. The number of carbonyl (C=O) groups excluding carboxylic acids is 2. The van der Waals surface area contributed by atoms with Crippen molar-refractivity contribution in [3.05, 3.63) is 66.0 Å². The van der Waals surface area contributed by atoms with Crippen LogP contribution in [0.15, 0.2) is 59.5 Å². The fourth-order valence-electron chi connectivity index (χ4n) is 3.80. The molecule has 0 aromatic heterocycles. The van der Waals surface area contributed by atoms with Crippen LogP contribution < -0.4 is 0 Å². The van der Waals surface area contributed by atoms with E-state index in [1.807, 2.05) is 30.3 Å². The van der Waals surface area contributed by atoms with Crippen molar-refractivity contribution in [2.45, 2.75) is 23.9 Å². The molecule has 2 saturated heterocycles. The Morgan fingerprint density at radius 2 is 1.66 bits per heavy atom. The highest BCUT2D eigenvalue weighted by atomic mass is 32.2. The van der Waals surface area contributed by atoms with Crippen LogP contribution >= 0.6 is 0 Å². The first-order valence-corrected chi connectivity index (χ1v) is 10.7. The number of hydrogen-bond donors (Lipinski definition) is 0. The summed E-state index contributed by atoms with van der Waals surface area (Å²) in [5.41, 5.74) is 0.824. The first-order chi connectivity index (χ1) is 13.8. The van der Waals surface area contributed by atoms with Crippen LogP contribution in [0.2, 0.25) is 0 Å². The Bertz CT molecular complexity index is 1040. The molecule has 2 heterocycles. The predicted octanol–water partition coefficient (Wildman–Crippen LogP) is 2.22. The number of hydrogen-bond acceptors (Lipinski definition) is 4. The van der Waals surface area contributed by atoms with E-state index in [0.717, 1.165) is 17.7 Å². The molecule has 2 atom stereocenters. The molecule has 2 aliphatic heterocycles. The van der Waals surface area contributed by atoms with E-state index < -0.39 is 39.9 Å². The molecule has 0 N–H and O–H groups in total. The van der Waals surface area contributed by atoms with Crippen LogP contribution in [0.5, 0.6) is 0 Å². The predicted molar refractivity (Wildman–Crippen MR) is 103 cm³/mol. The molecule has 3 amide bonds. The lowest BCUT2D eigenvalue weighted by atomic mass is 10.1. The number of imide groups is 1. The van der Waals surface area contributed by atoms with Crippen LogP contribution in [0.25, 0.3) is 0 Å². The molecule has 29 heavy (non-hydrogen) atoms. The van der Waals surface area contributed by atoms with Gasteiger partial charge < -0.3 is 4.90 Å². The highest BCUT2D eigenvalue weighted by Gasteiger charge is 2.51. The zero-order valence-corrected chi connectivity index (χ0v) is 16.5. The largest absolute Gasteiger partial charge is 0.328 e. The van der Waals surface area contributed by atoms with E-state index in [1.165, 1.54) is 26.2 Å². The standard InChI is InChI=1S/C20H20FN3O4S/c1-14(15-5-3-2-4-6-15)24-19(25)18-13-22(11-12-23(18)20(24)26)29(27,28)17-9-7-16(21)8-10-17/h2-10,14,18H,11-13H2,1H3/t14-,18-/m0/s1. The van der Waals surface area contributed by atoms with Crippen molar-refractivity contribution >= 4 is 22.0 Å². The Morgan fingerprint density at radius 1 is 1.00 bits per heavy atom. The lowest BCUT2D eigenvalue weighted by Gasteiger charge is -2.34. The third kappa shape index (κ3) is 3.30. The summed E-state index contributed by atoms with van der Waals surface area (Å²) in [5.74, 6) is -0.943. The fraction of sp³-hybridized carbons (Fsp3) is 0.300. The molecule has 0 radical (unpaired) electrons. The Kier molecular flexibility index (Phi) is 4.87. The van der Waals surface area contributed by atoms with Gasteiger partial charge in [-0.2, -0.15) is 4.31 Å². The number of carbonyl (C=O) groups is 2. The number of rotatable bonds is 4. The van der Waals surface area contributed by atoms with Crippen molar-refractivity contribution < 1.29 is 22.4 Å². The molecule has 0 saturated carbocycles. The van der Waals surface area contributed by atoms with Gasteiger partial charge in [0.1, 0.15) is 11.9 Å². The molecule has 2 aromatic rings. The van der Waals surface area contributed by atoms with E-state index in [-0.39, 0.29) is 24.5 Å². The molecule has 0 bridgehead atoms. The van der Waals surface area contributed by atoms with E-state index in [9.17, 15) is 22.4 Å². The van der Waals surface area contributed by atoms with Gasteiger partial charge >= 0.3 is 6.03 Å². The molecular formula is C20H20FN3O4S. The van der Waals surface area contributed by atoms with Gasteiger partial charge in [-0.1, -0.05) is 30.3 Å². The molecule has 2 fully saturated rings. The first kappa shape index (κ1) is 19.5. The molecule has 0 unspecified atom stereocenters. The number of benzene rings is 2. The number of piperazine rings is 1. The van der Waals surface area contributed by atoms with Crippen molar-refractivity contribution in [2.75, 3.05) is 19.6 Å². The summed E-state index contributed by atoms with van der Waals surface area (Å²) < 4.78 is 40.1. The van der Waals surface area contributed by atoms with Gasteiger partial charge in [0.05, 0.1) is 10.9 Å². The first-order valence-electron chi connectivity index (χ1n) is 9.25. The Morgan fingerprint density at radius 3 is 2.31 bits per heavy atom. The van der Waals surface area contributed by atoms with Crippen molar-refractivity contribution in [1.29, 1.82) is 0 Å². The van der Waals surface area contributed by atoms with Crippen molar-refractivity contribution in [2.24, 2.45) is 0 Å². The monoisotopic (exact) mass is 417 g/mol. The lowest BCUT2D eigenvalue weighted by Crippen LogP contribution is -2.54. The van der Waals surface area contributed by atoms with Gasteiger partial charge in [0.15, 0.2) is 0 Å². The summed E-state index contributed by atoms with van der Waals surface area (Å²) in [7, 11) is -3.89. The Balaban J connectivity index is 1.57. The molecule has 7 nitrogen and oxygen atoms in total. The number of fused-ring (bicyclic) bond motifs is 1. The van der Waals surface area contributed by atoms with E-state index in [4.69, 9.17) is 0 Å². The maximum Gasteiger partial charge on any atom is 0.328 e. The topological polar surface area (TPSA) is 78.0 Å². The zero-order valence-electron chi connectivity index (χ0n) is 15.7. The van der Waals surface area contributed by atoms with Gasteiger partial charge in [0.25, 0.3) is 5.91 Å². The molecular weight excluding hydrogens is 397 g/mol. The molecule has 9 heteroatoms. The lowest BCUT2D eigenvalue weighted by molar-refractivity contribution is -0.130. The van der Waals surface area contributed by atoms with Crippen LogP contribution in [-0.4, -0.2) is 60.1 Å². The minimum absolute atomic E-state index is 0.0429. The quantitative estimate of drug-likeness (QED) is 0.715. The van der Waals surface area contributed by atoms with Gasteiger partial charge in [-0.3, -0.25) is 9.69 Å². The van der Waals surface area contributed by atoms with Crippen LogP contribution in [0, 0.1) is 5.82 Å². The normalized spacial score (nSPS) is 21.4. The smallest absolute Gasteiger partial charge is 0.310 e. The molecule has 0 spiro atoms. The Labute approximate surface area is 168 Å². The maximum absolute atomic E-state index is 13.1. The summed E-state index contributed by atoms with van der Waals surface area (Å²) in [5, 5.41) is 0. The summed E-state index contributed by atoms with van der Waals surface area (Å²) in [4.78, 5) is 28.4. The second-order valence-corrected chi connectivity index (χ2v) is 9.04. The van der Waals surface area contributed by atoms with Crippen molar-refractivity contribution in [3.63, 3.8) is 0 Å². The molecule has 2 aliphatic rings. The maximum atomic E-state index is 13.1. The van der Waals surface area contributed by atoms with Gasteiger partial charge in [-0.15, -0.1) is 0 Å². The SMILES string of the molecule is C[C@@H](c1ccccc1)N1C(=O)[C@@H]2CN(S(=O)(=O)c3ccc(F)cc3)CCN2C1=O. The third-order valence-corrected chi connectivity index (χ3v) is 7.32. The van der Waals surface area contributed by atoms with Gasteiger partial charge in [0.2, 0.25) is 10.0 Å². The third-order valence-electron chi connectivity index (χ3n) is 5.44. The van der Waals surface area contributed by atoms with Gasteiger partial charge in [-0.25, -0.2) is 17.6 Å². The number of nitrogens with zero attached hydrogens (tertiary/aromatic N) is 3. The number of urea groups is 1. The number of halogens is 1. The van der Waals surface area contributed by atoms with Crippen LogP contribution in [0.3, 0.4) is 0 Å². The van der Waals surface area contributed by atoms with Crippen molar-refractivity contribution in [3.8, 4) is 0 Å².